The van der Waals surface area contributed by atoms with Gasteiger partial charge in [0.25, 0.3) is 0 Å². The van der Waals surface area contributed by atoms with Gasteiger partial charge in [0, 0.05) is 6.04 Å². The first-order valence-corrected chi connectivity index (χ1v) is 7.51. The molecule has 23 heavy (non-hydrogen) atoms. The van der Waals surface area contributed by atoms with Crippen LogP contribution in [-0.4, -0.2) is 34.8 Å². The number of carboxylic acid groups (broad SMARTS) is 1. The Hall–Kier alpha value is -1.67. The first kappa shape index (κ1) is 19.4. The molecule has 1 fully saturated rings. The molecule has 1 heterocycles. The van der Waals surface area contributed by atoms with Gasteiger partial charge >= 0.3 is 12.1 Å². The van der Waals surface area contributed by atoms with Crippen LogP contribution in [0.1, 0.15) is 31.4 Å². The van der Waals surface area contributed by atoms with Crippen LogP contribution in [0.3, 0.4) is 0 Å². The van der Waals surface area contributed by atoms with Crippen LogP contribution in [-0.2, 0) is 4.79 Å². The lowest BCUT2D eigenvalue weighted by Gasteiger charge is -2.20. The number of alkyl halides is 3. The SMILES string of the molecule is C[C@@H](NC(=S)[C@@H]1CCCN1)c1ccccc1.O=C(O)C(F)(F)F. The molecule has 2 atom stereocenters. The Bertz CT molecular complexity index is 517. The van der Waals surface area contributed by atoms with E-state index in [1.165, 1.54) is 12.0 Å². The smallest absolute Gasteiger partial charge is 0.475 e. The zero-order chi connectivity index (χ0) is 17.5. The molecule has 0 saturated carbocycles. The van der Waals surface area contributed by atoms with E-state index in [1.54, 1.807) is 0 Å². The summed E-state index contributed by atoms with van der Waals surface area (Å²) in [6.45, 7) is 3.24. The highest BCUT2D eigenvalue weighted by atomic mass is 32.1. The lowest BCUT2D eigenvalue weighted by atomic mass is 10.1. The lowest BCUT2D eigenvalue weighted by molar-refractivity contribution is -0.192. The number of nitrogens with one attached hydrogen (secondary N) is 2. The average molecular weight is 348 g/mol. The van der Waals surface area contributed by atoms with Crippen LogP contribution in [0.5, 0.6) is 0 Å². The normalized spacial score (nSPS) is 18.5. The van der Waals surface area contributed by atoms with Crippen molar-refractivity contribution in [3.63, 3.8) is 0 Å². The van der Waals surface area contributed by atoms with Crippen LogP contribution >= 0.6 is 12.2 Å². The summed E-state index contributed by atoms with van der Waals surface area (Å²) >= 11 is 5.42. The summed E-state index contributed by atoms with van der Waals surface area (Å²) in [7, 11) is 0. The average Bonchev–Trinajstić information content (AvgIpc) is 3.02. The topological polar surface area (TPSA) is 61.4 Å². The number of aliphatic carboxylic acids is 1. The Balaban J connectivity index is 0.000000322. The number of hydrogen-bond acceptors (Lipinski definition) is 3. The number of halogens is 3. The lowest BCUT2D eigenvalue weighted by Crippen LogP contribution is -2.40. The van der Waals surface area contributed by atoms with Crippen molar-refractivity contribution in [3.05, 3.63) is 35.9 Å². The third-order valence-electron chi connectivity index (χ3n) is 3.28. The largest absolute Gasteiger partial charge is 0.490 e. The van der Waals surface area contributed by atoms with E-state index < -0.39 is 12.1 Å². The molecule has 1 aliphatic heterocycles. The van der Waals surface area contributed by atoms with Crippen molar-refractivity contribution in [1.29, 1.82) is 0 Å². The van der Waals surface area contributed by atoms with Crippen molar-refractivity contribution < 1.29 is 23.1 Å². The third kappa shape index (κ3) is 6.96. The number of carboxylic acids is 1. The predicted octanol–water partition coefficient (Wildman–Crippen LogP) is 3.05. The molecule has 128 valence electrons. The quantitative estimate of drug-likeness (QED) is 0.733. The molecule has 0 amide bonds. The van der Waals surface area contributed by atoms with Crippen molar-refractivity contribution in [3.8, 4) is 0 Å². The molecular formula is C15H19F3N2O2S. The molecular weight excluding hydrogens is 329 g/mol. The molecule has 4 nitrogen and oxygen atoms in total. The van der Waals surface area contributed by atoms with Gasteiger partial charge in [-0.3, -0.25) is 0 Å². The van der Waals surface area contributed by atoms with E-state index in [0.717, 1.165) is 18.0 Å². The number of hydrogen-bond donors (Lipinski definition) is 3. The van der Waals surface area contributed by atoms with Crippen LogP contribution < -0.4 is 10.6 Å². The maximum absolute atomic E-state index is 10.6. The van der Waals surface area contributed by atoms with E-state index in [0.29, 0.717) is 6.04 Å². The van der Waals surface area contributed by atoms with E-state index in [1.807, 2.05) is 6.07 Å². The van der Waals surface area contributed by atoms with Gasteiger partial charge in [-0.05, 0) is 31.9 Å². The van der Waals surface area contributed by atoms with E-state index >= 15 is 0 Å². The summed E-state index contributed by atoms with van der Waals surface area (Å²) in [5.74, 6) is -2.76. The molecule has 1 saturated heterocycles. The fourth-order valence-electron chi connectivity index (χ4n) is 2.05. The van der Waals surface area contributed by atoms with Gasteiger partial charge in [0.15, 0.2) is 0 Å². The second-order valence-corrected chi connectivity index (χ2v) is 5.53. The molecule has 0 aliphatic carbocycles. The molecule has 0 aromatic heterocycles. The Morgan fingerprint density at radius 3 is 2.39 bits per heavy atom. The summed E-state index contributed by atoms with van der Waals surface area (Å²) in [6.07, 6.45) is -2.69. The van der Waals surface area contributed by atoms with E-state index in [9.17, 15) is 13.2 Å². The third-order valence-corrected chi connectivity index (χ3v) is 3.68. The summed E-state index contributed by atoms with van der Waals surface area (Å²) in [6, 6.07) is 11.1. The molecule has 3 N–H and O–H groups in total. The Morgan fingerprint density at radius 1 is 1.39 bits per heavy atom. The first-order valence-electron chi connectivity index (χ1n) is 7.10. The Labute approximate surface area is 138 Å². The van der Waals surface area contributed by atoms with Crippen molar-refractivity contribution in [1.82, 2.24) is 10.6 Å². The van der Waals surface area contributed by atoms with Gasteiger partial charge in [0.2, 0.25) is 0 Å². The number of carbonyl (C=O) groups is 1. The Morgan fingerprint density at radius 2 is 1.96 bits per heavy atom. The molecule has 8 heteroatoms. The van der Waals surface area contributed by atoms with E-state index in [4.69, 9.17) is 22.1 Å². The molecule has 2 rings (SSSR count). The fourth-order valence-corrected chi connectivity index (χ4v) is 2.43. The zero-order valence-electron chi connectivity index (χ0n) is 12.6. The van der Waals surface area contributed by atoms with Crippen LogP contribution in [0, 0.1) is 0 Å². The summed E-state index contributed by atoms with van der Waals surface area (Å²) in [5.41, 5.74) is 1.28. The van der Waals surface area contributed by atoms with Gasteiger partial charge in [-0.2, -0.15) is 13.2 Å². The number of thiocarbonyl (C=S) groups is 1. The minimum absolute atomic E-state index is 0.288. The van der Waals surface area contributed by atoms with Gasteiger partial charge in [-0.15, -0.1) is 0 Å². The zero-order valence-corrected chi connectivity index (χ0v) is 13.4. The summed E-state index contributed by atoms with van der Waals surface area (Å²) < 4.78 is 31.7. The number of rotatable bonds is 3. The highest BCUT2D eigenvalue weighted by molar-refractivity contribution is 7.80. The van der Waals surface area contributed by atoms with Gasteiger partial charge < -0.3 is 15.7 Å². The fraction of sp³-hybridized carbons (Fsp3) is 0.467. The molecule has 1 aromatic rings. The molecule has 0 bridgehead atoms. The van der Waals surface area contributed by atoms with Gasteiger partial charge in [-0.1, -0.05) is 42.5 Å². The van der Waals surface area contributed by atoms with Crippen molar-refractivity contribution in [2.75, 3.05) is 6.54 Å². The predicted molar refractivity (Wildman–Crippen MR) is 85.3 cm³/mol. The minimum atomic E-state index is -5.08. The standard InChI is InChI=1S/C13H18N2S.C2HF3O2/c1-10(11-6-3-2-4-7-11)15-13(16)12-8-5-9-14-12;3-2(4,5)1(6)7/h2-4,6-7,10,12,14H,5,8-9H2,1H3,(H,15,16);(H,6,7)/t10-,12+;/m1./s1. The summed E-state index contributed by atoms with van der Waals surface area (Å²) in [5, 5.41) is 13.9. The van der Waals surface area contributed by atoms with Crippen molar-refractivity contribution in [2.24, 2.45) is 0 Å². The monoisotopic (exact) mass is 348 g/mol. The van der Waals surface area contributed by atoms with Gasteiger partial charge in [-0.25, -0.2) is 4.79 Å². The van der Waals surface area contributed by atoms with Gasteiger partial charge in [0.05, 0.1) is 11.0 Å². The molecule has 1 aromatic carbocycles. The molecule has 0 radical (unpaired) electrons. The van der Waals surface area contributed by atoms with Gasteiger partial charge in [0.1, 0.15) is 0 Å². The maximum Gasteiger partial charge on any atom is 0.490 e. The van der Waals surface area contributed by atoms with Crippen LogP contribution in [0.25, 0.3) is 0 Å². The summed E-state index contributed by atoms with van der Waals surface area (Å²) in [4.78, 5) is 9.85. The van der Waals surface area contributed by atoms with Crippen LogP contribution in [0.15, 0.2) is 30.3 Å². The second kappa shape index (κ2) is 8.83. The highest BCUT2D eigenvalue weighted by Crippen LogP contribution is 2.14. The first-order chi connectivity index (χ1) is 10.7. The minimum Gasteiger partial charge on any atom is -0.475 e. The van der Waals surface area contributed by atoms with Crippen LogP contribution in [0.2, 0.25) is 0 Å². The van der Waals surface area contributed by atoms with Crippen molar-refractivity contribution in [2.45, 2.75) is 38.0 Å². The number of benzene rings is 1. The Kier molecular flexibility index (Phi) is 7.44. The maximum atomic E-state index is 10.6. The van der Waals surface area contributed by atoms with E-state index in [-0.39, 0.29) is 6.04 Å². The molecule has 0 unspecified atom stereocenters. The highest BCUT2D eigenvalue weighted by Gasteiger charge is 2.38. The van der Waals surface area contributed by atoms with Crippen molar-refractivity contribution >= 4 is 23.2 Å². The molecule has 1 aliphatic rings. The molecule has 0 spiro atoms. The van der Waals surface area contributed by atoms with E-state index in [2.05, 4.69) is 41.8 Å². The van der Waals surface area contributed by atoms with Crippen LogP contribution in [0.4, 0.5) is 13.2 Å². The second-order valence-electron chi connectivity index (χ2n) is 5.09.